The summed E-state index contributed by atoms with van der Waals surface area (Å²) in [4.78, 5) is 10.8. The molecule has 0 fully saturated rings. The van der Waals surface area contributed by atoms with E-state index in [-0.39, 0.29) is 10.8 Å². The molecule has 2 nitrogen and oxygen atoms in total. The molecule has 0 aliphatic carbocycles. The first-order chi connectivity index (χ1) is 10.1. The topological polar surface area (TPSA) is 25.8 Å². The van der Waals surface area contributed by atoms with Gasteiger partial charge in [0.25, 0.3) is 0 Å². The number of hydrogen-bond acceptors (Lipinski definition) is 4. The van der Waals surface area contributed by atoms with Crippen LogP contribution in [0.5, 0.6) is 0 Å². The zero-order chi connectivity index (χ0) is 16.5. The van der Waals surface area contributed by atoms with Crippen molar-refractivity contribution in [1.82, 2.24) is 9.97 Å². The molecule has 0 spiro atoms. The minimum absolute atomic E-state index is 0.0213. The van der Waals surface area contributed by atoms with Crippen molar-refractivity contribution in [3.63, 3.8) is 0 Å². The van der Waals surface area contributed by atoms with E-state index in [1.807, 2.05) is 0 Å². The fourth-order valence-electron chi connectivity index (χ4n) is 1.89. The molecule has 2 heterocycles. The predicted octanol–water partition coefficient (Wildman–Crippen LogP) is 5.30. The van der Waals surface area contributed by atoms with Crippen LogP contribution in [-0.2, 0) is 35.4 Å². The molecular weight excluding hydrogens is 497 g/mol. The molecule has 0 aliphatic rings. The second-order valence-corrected chi connectivity index (χ2v) is 13.4. The Hall–Kier alpha value is -0.245. The summed E-state index contributed by atoms with van der Waals surface area (Å²) in [6.07, 6.45) is 0. The van der Waals surface area contributed by atoms with Gasteiger partial charge in [-0.25, -0.2) is 0 Å². The van der Waals surface area contributed by atoms with E-state index in [4.69, 9.17) is 9.97 Å². The molecular formula is C17H22HgN2S2. The van der Waals surface area contributed by atoms with Crippen molar-refractivity contribution in [1.29, 1.82) is 0 Å². The summed E-state index contributed by atoms with van der Waals surface area (Å²) in [5, 5.41) is 4.19. The molecule has 0 unspecified atom stereocenters. The summed E-state index contributed by atoms with van der Waals surface area (Å²) in [5.41, 5.74) is 2.36. The van der Waals surface area contributed by atoms with Gasteiger partial charge in [-0.2, -0.15) is 0 Å². The van der Waals surface area contributed by atoms with Gasteiger partial charge in [0, 0.05) is 0 Å². The van der Waals surface area contributed by atoms with Crippen LogP contribution in [0, 0.1) is 9.35 Å². The summed E-state index contributed by atoms with van der Waals surface area (Å²) < 4.78 is 5.69. The van der Waals surface area contributed by atoms with Gasteiger partial charge in [-0.05, 0) is 0 Å². The van der Waals surface area contributed by atoms with Gasteiger partial charge in [-0.3, -0.25) is 0 Å². The fourth-order valence-corrected chi connectivity index (χ4v) is 5.99. The molecule has 0 saturated carbocycles. The molecule has 0 bridgehead atoms. The summed E-state index contributed by atoms with van der Waals surface area (Å²) >= 11 is 2.47. The second kappa shape index (κ2) is 6.71. The molecule has 22 heavy (non-hydrogen) atoms. The van der Waals surface area contributed by atoms with E-state index in [0.717, 1.165) is 26.3 Å². The maximum atomic E-state index is 4.89. The van der Waals surface area contributed by atoms with Crippen molar-refractivity contribution in [2.24, 2.45) is 0 Å². The fraction of sp³-hybridized carbons (Fsp3) is 0.529. The van der Waals surface area contributed by atoms with Crippen LogP contribution in [0.25, 0.3) is 10.0 Å². The quantitative estimate of drug-likeness (QED) is 0.378. The molecule has 2 aromatic rings. The predicted molar refractivity (Wildman–Crippen MR) is 93.4 cm³/mol. The van der Waals surface area contributed by atoms with Gasteiger partial charge in [0.05, 0.1) is 0 Å². The average Bonchev–Trinajstić information content (AvgIpc) is 3.01. The molecule has 0 N–H and O–H groups in total. The normalized spacial score (nSPS) is 11.8. The first-order valence-electron chi connectivity index (χ1n) is 7.59. The van der Waals surface area contributed by atoms with Crippen molar-refractivity contribution in [2.45, 2.75) is 56.8 Å². The molecule has 0 radical (unpaired) electrons. The second-order valence-electron chi connectivity index (χ2n) is 7.39. The van der Waals surface area contributed by atoms with E-state index >= 15 is 0 Å². The molecule has 0 amide bonds. The number of nitrogens with zero attached hydrogens (tertiary/aromatic N) is 2. The minimum atomic E-state index is -0.923. The van der Waals surface area contributed by atoms with Gasteiger partial charge in [0.2, 0.25) is 0 Å². The van der Waals surface area contributed by atoms with Crippen molar-refractivity contribution >= 4 is 22.7 Å². The Balaban J connectivity index is 2.49. The van der Waals surface area contributed by atoms with E-state index in [0.29, 0.717) is 0 Å². The SMILES string of the molecule is [CH3][Hg][C]#Cc1sc(-c2nc(C(C)(C)C)cs2)nc1C(C)(C)C. The maximum absolute atomic E-state index is 4.89. The van der Waals surface area contributed by atoms with E-state index in [2.05, 4.69) is 60.7 Å². The van der Waals surface area contributed by atoms with Crippen molar-refractivity contribution in [3.05, 3.63) is 21.6 Å². The third-order valence-corrected chi connectivity index (χ3v) is 7.19. The van der Waals surface area contributed by atoms with E-state index < -0.39 is 24.6 Å². The van der Waals surface area contributed by atoms with Gasteiger partial charge in [0.1, 0.15) is 0 Å². The molecule has 0 saturated heterocycles. The third-order valence-electron chi connectivity index (χ3n) is 3.17. The van der Waals surface area contributed by atoms with Gasteiger partial charge >= 0.3 is 155 Å². The van der Waals surface area contributed by atoms with Crippen LogP contribution >= 0.6 is 22.7 Å². The molecule has 0 aliphatic heterocycles. The van der Waals surface area contributed by atoms with Crippen LogP contribution in [-0.4, -0.2) is 9.97 Å². The van der Waals surface area contributed by atoms with E-state index in [1.54, 1.807) is 22.7 Å². The Kier molecular flexibility index (Phi) is 5.52. The zero-order valence-corrected chi connectivity index (χ0v) is 21.6. The van der Waals surface area contributed by atoms with Crippen molar-refractivity contribution < 1.29 is 24.6 Å². The van der Waals surface area contributed by atoms with Gasteiger partial charge in [0.15, 0.2) is 0 Å². The zero-order valence-electron chi connectivity index (χ0n) is 14.5. The molecule has 114 valence electrons. The van der Waals surface area contributed by atoms with E-state index in [1.165, 1.54) is 0 Å². The average molecular weight is 519 g/mol. The van der Waals surface area contributed by atoms with Crippen LogP contribution in [0.1, 0.15) is 57.8 Å². The van der Waals surface area contributed by atoms with Crippen molar-refractivity contribution in [2.75, 3.05) is 0 Å². The number of hydrogen-bond donors (Lipinski definition) is 0. The van der Waals surface area contributed by atoms with Crippen molar-refractivity contribution in [3.8, 4) is 19.4 Å². The van der Waals surface area contributed by atoms with Gasteiger partial charge in [-0.1, -0.05) is 0 Å². The van der Waals surface area contributed by atoms with Crippen LogP contribution in [0.3, 0.4) is 0 Å². The summed E-state index contributed by atoms with van der Waals surface area (Å²) in [7, 11) is 0. The Morgan fingerprint density at radius 3 is 2.18 bits per heavy atom. The number of thiazole rings is 2. The first-order valence-corrected chi connectivity index (χ1v) is 17.5. The summed E-state index contributed by atoms with van der Waals surface area (Å²) in [6, 6.07) is 0. The summed E-state index contributed by atoms with van der Waals surface area (Å²) in [6.45, 7) is 13.2. The number of aromatic nitrogens is 2. The molecule has 0 aromatic carbocycles. The molecule has 2 aromatic heterocycles. The Labute approximate surface area is 154 Å². The first kappa shape index (κ1) is 18.1. The Bertz CT molecular complexity index is 718. The van der Waals surface area contributed by atoms with Crippen LogP contribution < -0.4 is 0 Å². The van der Waals surface area contributed by atoms with Crippen LogP contribution in [0.15, 0.2) is 5.38 Å². The monoisotopic (exact) mass is 520 g/mol. The van der Waals surface area contributed by atoms with Gasteiger partial charge < -0.3 is 0 Å². The Morgan fingerprint density at radius 1 is 1.00 bits per heavy atom. The molecule has 2 rings (SSSR count). The van der Waals surface area contributed by atoms with Crippen LogP contribution in [0.4, 0.5) is 0 Å². The Morgan fingerprint density at radius 2 is 1.68 bits per heavy atom. The number of rotatable bonds is 1. The molecule has 5 heteroatoms. The van der Waals surface area contributed by atoms with E-state index in [9.17, 15) is 0 Å². The van der Waals surface area contributed by atoms with Crippen LogP contribution in [0.2, 0.25) is 4.43 Å². The van der Waals surface area contributed by atoms with Gasteiger partial charge in [-0.15, -0.1) is 0 Å². The third kappa shape index (κ3) is 4.18. The summed E-state index contributed by atoms with van der Waals surface area (Å²) in [5.74, 6) is 3.38. The standard InChI is InChI=1S/C16H19N2S2.CH3.Hg/c1-8-10-12(16(5,6)7)18-14(20-10)13-17-11(9-19-13)15(2,3)4;;/h9H,2-7H3;1H3;. The molecule has 0 atom stereocenters.